The molecule has 0 radical (unpaired) electrons. The van der Waals surface area contributed by atoms with Crippen molar-refractivity contribution in [3.8, 4) is 0 Å². The van der Waals surface area contributed by atoms with Gasteiger partial charge in [0.05, 0.1) is 12.1 Å². The van der Waals surface area contributed by atoms with Crippen molar-refractivity contribution >= 4 is 17.5 Å². The number of carboxylic acid groups (broad SMARTS) is 1. The number of aromatic amines is 1. The van der Waals surface area contributed by atoms with Crippen LogP contribution in [0.15, 0.2) is 52.2 Å². The van der Waals surface area contributed by atoms with Crippen molar-refractivity contribution in [3.05, 3.63) is 74.6 Å². The number of aliphatic hydroxyl groups is 1. The van der Waals surface area contributed by atoms with Crippen molar-refractivity contribution in [2.45, 2.75) is 6.54 Å². The normalized spacial score (nSPS) is 11.2. The summed E-state index contributed by atoms with van der Waals surface area (Å²) in [6, 6.07) is 8.88. The number of hydrogen-bond acceptors (Lipinski definition) is 5. The van der Waals surface area contributed by atoms with E-state index in [-0.39, 0.29) is 12.1 Å². The second-order valence-corrected chi connectivity index (χ2v) is 4.61. The summed E-state index contributed by atoms with van der Waals surface area (Å²) in [5, 5.41) is 18.2. The summed E-state index contributed by atoms with van der Waals surface area (Å²) >= 11 is 0. The minimum absolute atomic E-state index is 0.129. The van der Waals surface area contributed by atoms with Crippen LogP contribution in [0.5, 0.6) is 0 Å². The minimum atomic E-state index is -1.77. The van der Waals surface area contributed by atoms with Crippen molar-refractivity contribution in [1.29, 1.82) is 0 Å². The van der Waals surface area contributed by atoms with Gasteiger partial charge in [-0.15, -0.1) is 0 Å². The maximum Gasteiger partial charge on any atom is 0.376 e. The lowest BCUT2D eigenvalue weighted by Crippen LogP contribution is -2.32. The van der Waals surface area contributed by atoms with Crippen LogP contribution in [0.2, 0.25) is 0 Å². The first-order valence-corrected chi connectivity index (χ1v) is 6.44. The van der Waals surface area contributed by atoms with E-state index in [0.29, 0.717) is 6.08 Å². The van der Waals surface area contributed by atoms with E-state index < -0.39 is 28.8 Å². The first kappa shape index (κ1) is 16.0. The van der Waals surface area contributed by atoms with Gasteiger partial charge in [0.2, 0.25) is 0 Å². The molecule has 1 heterocycles. The number of aromatic nitrogens is 2. The van der Waals surface area contributed by atoms with E-state index in [1.807, 2.05) is 4.98 Å². The molecule has 0 bridgehead atoms. The lowest BCUT2D eigenvalue weighted by molar-refractivity contribution is -0.146. The largest absolute Gasteiger partial charge is 0.507 e. The zero-order chi connectivity index (χ0) is 17.0. The van der Waals surface area contributed by atoms with E-state index >= 15 is 0 Å². The van der Waals surface area contributed by atoms with Crippen LogP contribution in [0.25, 0.3) is 5.76 Å². The molecule has 0 aliphatic rings. The molecule has 118 valence electrons. The fourth-order valence-electron chi connectivity index (χ4n) is 1.85. The van der Waals surface area contributed by atoms with Crippen molar-refractivity contribution in [3.63, 3.8) is 0 Å². The van der Waals surface area contributed by atoms with Crippen LogP contribution < -0.4 is 11.2 Å². The molecule has 3 N–H and O–H groups in total. The molecule has 0 saturated carbocycles. The number of hydrogen-bond donors (Lipinski definition) is 3. The topological polar surface area (TPSA) is 129 Å². The molecular weight excluding hydrogens is 304 g/mol. The number of benzene rings is 1. The molecule has 2 aromatic rings. The van der Waals surface area contributed by atoms with Gasteiger partial charge in [-0.25, -0.2) is 9.59 Å². The molecule has 1 aromatic carbocycles. The van der Waals surface area contributed by atoms with Gasteiger partial charge in [-0.3, -0.25) is 19.1 Å². The Kier molecular flexibility index (Phi) is 4.55. The number of carbonyl (C=O) groups is 2. The third kappa shape index (κ3) is 3.82. The molecule has 0 saturated heterocycles. The summed E-state index contributed by atoms with van der Waals surface area (Å²) in [4.78, 5) is 47.0. The average molecular weight is 316 g/mol. The molecule has 0 atom stereocenters. The Balaban J connectivity index is 2.44. The smallest absolute Gasteiger partial charge is 0.376 e. The molecule has 0 aliphatic carbocycles. The van der Waals surface area contributed by atoms with Gasteiger partial charge in [0.25, 0.3) is 11.3 Å². The van der Waals surface area contributed by atoms with Crippen LogP contribution in [-0.2, 0) is 16.1 Å². The number of carbonyl (C=O) groups excluding carboxylic acids is 1. The van der Waals surface area contributed by atoms with E-state index in [0.717, 1.165) is 16.3 Å². The molecule has 8 heteroatoms. The fourth-order valence-corrected chi connectivity index (χ4v) is 1.85. The molecular formula is C15H12N2O6. The van der Waals surface area contributed by atoms with Crippen LogP contribution in [-0.4, -0.2) is 31.5 Å². The summed E-state index contributed by atoms with van der Waals surface area (Å²) in [6.07, 6.45) is 1.47. The molecule has 1 aromatic heterocycles. The van der Waals surface area contributed by atoms with E-state index in [9.17, 15) is 24.3 Å². The van der Waals surface area contributed by atoms with Gasteiger partial charge < -0.3 is 10.2 Å². The Morgan fingerprint density at radius 3 is 2.39 bits per heavy atom. The molecule has 0 unspecified atom stereocenters. The number of ketones is 1. The van der Waals surface area contributed by atoms with Gasteiger partial charge >= 0.3 is 11.7 Å². The molecule has 23 heavy (non-hydrogen) atoms. The number of rotatable bonds is 5. The number of nitrogens with zero attached hydrogens (tertiary/aromatic N) is 1. The first-order chi connectivity index (χ1) is 10.9. The predicted molar refractivity (Wildman–Crippen MR) is 80.1 cm³/mol. The van der Waals surface area contributed by atoms with Crippen molar-refractivity contribution in [2.75, 3.05) is 0 Å². The summed E-state index contributed by atoms with van der Waals surface area (Å²) in [7, 11) is 0. The van der Waals surface area contributed by atoms with E-state index in [4.69, 9.17) is 5.11 Å². The van der Waals surface area contributed by atoms with E-state index in [1.54, 1.807) is 30.3 Å². The standard InChI is InChI=1S/C15H12N2O6/c18-11(6-12(19)14(21)22)10-8-17(15(23)16-13(10)20)7-9-4-2-1-3-5-9/h1-6,8,18H,7H2,(H,21,22)(H,16,20,23). The lowest BCUT2D eigenvalue weighted by Gasteiger charge is -2.07. The van der Waals surface area contributed by atoms with Crippen LogP contribution in [0.4, 0.5) is 0 Å². The van der Waals surface area contributed by atoms with Gasteiger partial charge in [0.1, 0.15) is 5.76 Å². The predicted octanol–water partition coefficient (Wildman–Crippen LogP) is 0.138. The highest BCUT2D eigenvalue weighted by Crippen LogP contribution is 2.06. The first-order valence-electron chi connectivity index (χ1n) is 6.44. The molecule has 0 aliphatic heterocycles. The lowest BCUT2D eigenvalue weighted by atomic mass is 10.2. The highest BCUT2D eigenvalue weighted by Gasteiger charge is 2.14. The molecule has 0 spiro atoms. The van der Waals surface area contributed by atoms with Gasteiger partial charge in [0.15, 0.2) is 0 Å². The highest BCUT2D eigenvalue weighted by molar-refractivity contribution is 6.38. The highest BCUT2D eigenvalue weighted by atomic mass is 16.4. The zero-order valence-corrected chi connectivity index (χ0v) is 11.7. The van der Waals surface area contributed by atoms with Gasteiger partial charge in [-0.1, -0.05) is 30.3 Å². The number of H-pyrrole nitrogens is 1. The number of aliphatic carboxylic acids is 1. The van der Waals surface area contributed by atoms with Crippen LogP contribution in [0.3, 0.4) is 0 Å². The second-order valence-electron chi connectivity index (χ2n) is 4.61. The molecule has 8 nitrogen and oxygen atoms in total. The molecule has 2 rings (SSSR count). The van der Waals surface area contributed by atoms with E-state index in [2.05, 4.69) is 0 Å². The SMILES string of the molecule is O=C(O)C(=O)C=C(O)c1cn(Cc2ccccc2)c(=O)[nH]c1=O. The number of carboxylic acids is 1. The average Bonchev–Trinajstić information content (AvgIpc) is 2.50. The van der Waals surface area contributed by atoms with Crippen molar-refractivity contribution < 1.29 is 19.8 Å². The zero-order valence-electron chi connectivity index (χ0n) is 11.7. The number of aliphatic hydroxyl groups excluding tert-OH is 1. The van der Waals surface area contributed by atoms with Crippen LogP contribution in [0.1, 0.15) is 11.1 Å². The summed E-state index contributed by atoms with van der Waals surface area (Å²) in [5.74, 6) is -3.99. The van der Waals surface area contributed by atoms with Crippen molar-refractivity contribution in [1.82, 2.24) is 9.55 Å². The summed E-state index contributed by atoms with van der Waals surface area (Å²) in [6.45, 7) is 0.129. The van der Waals surface area contributed by atoms with E-state index in [1.165, 1.54) is 0 Å². The van der Waals surface area contributed by atoms with Gasteiger partial charge in [0, 0.05) is 12.3 Å². The maximum atomic E-state index is 11.8. The Morgan fingerprint density at radius 2 is 1.78 bits per heavy atom. The minimum Gasteiger partial charge on any atom is -0.507 e. The second kappa shape index (κ2) is 6.56. The molecule has 0 fully saturated rings. The maximum absolute atomic E-state index is 11.8. The molecule has 0 amide bonds. The Labute approximate surface area is 129 Å². The number of nitrogens with one attached hydrogen (secondary N) is 1. The summed E-state index contributed by atoms with van der Waals surface area (Å²) in [5.41, 5.74) is -1.22. The third-order valence-electron chi connectivity index (χ3n) is 2.96. The third-order valence-corrected chi connectivity index (χ3v) is 2.96. The fraction of sp³-hybridized carbons (Fsp3) is 0.0667. The Hall–Kier alpha value is -3.42. The van der Waals surface area contributed by atoms with Gasteiger partial charge in [-0.2, -0.15) is 0 Å². The monoisotopic (exact) mass is 316 g/mol. The Morgan fingerprint density at radius 1 is 1.13 bits per heavy atom. The summed E-state index contributed by atoms with van der Waals surface area (Å²) < 4.78 is 1.13. The van der Waals surface area contributed by atoms with Gasteiger partial charge in [-0.05, 0) is 5.56 Å². The van der Waals surface area contributed by atoms with Crippen LogP contribution in [0, 0.1) is 0 Å². The van der Waals surface area contributed by atoms with Crippen LogP contribution >= 0.6 is 0 Å². The Bertz CT molecular complexity index is 892. The van der Waals surface area contributed by atoms with Crippen molar-refractivity contribution in [2.24, 2.45) is 0 Å². The quantitative estimate of drug-likeness (QED) is 0.409.